The number of nitrogens with zero attached hydrogens (tertiary/aromatic N) is 2. The molecule has 3 rings (SSSR count). The minimum absolute atomic E-state index is 0.0806. The fourth-order valence-electron chi connectivity index (χ4n) is 2.74. The smallest absolute Gasteiger partial charge is 0.237 e. The molecule has 0 aromatic carbocycles. The Bertz CT molecular complexity index is 672. The Balaban J connectivity index is 1.65. The van der Waals surface area contributed by atoms with Crippen LogP contribution in [0.4, 0.5) is 0 Å². The molecule has 0 bridgehead atoms. The van der Waals surface area contributed by atoms with E-state index in [0.717, 1.165) is 11.6 Å². The van der Waals surface area contributed by atoms with Crippen LogP contribution in [0.1, 0.15) is 22.3 Å². The van der Waals surface area contributed by atoms with Crippen LogP contribution in [-0.4, -0.2) is 47.9 Å². The van der Waals surface area contributed by atoms with E-state index in [2.05, 4.69) is 21.7 Å². The average Bonchev–Trinajstić information content (AvgIpc) is 3.23. The van der Waals surface area contributed by atoms with Crippen LogP contribution in [0.2, 0.25) is 0 Å². The van der Waals surface area contributed by atoms with Gasteiger partial charge in [-0.25, -0.2) is 4.98 Å². The molecule has 3 heterocycles. The molecule has 24 heavy (non-hydrogen) atoms. The highest BCUT2D eigenvalue weighted by Crippen LogP contribution is 2.23. The van der Waals surface area contributed by atoms with Crippen molar-refractivity contribution in [3.63, 3.8) is 0 Å². The highest BCUT2D eigenvalue weighted by Gasteiger charge is 2.30. The summed E-state index contributed by atoms with van der Waals surface area (Å²) in [5.41, 5.74) is 0. The molecule has 0 aliphatic carbocycles. The minimum atomic E-state index is -0.405. The van der Waals surface area contributed by atoms with Gasteiger partial charge in [-0.3, -0.25) is 14.5 Å². The molecule has 8 heteroatoms. The number of thiazole rings is 1. The first-order chi connectivity index (χ1) is 11.6. The van der Waals surface area contributed by atoms with Crippen LogP contribution in [0.5, 0.6) is 0 Å². The molecule has 2 unspecified atom stereocenters. The van der Waals surface area contributed by atoms with Gasteiger partial charge in [0.15, 0.2) is 0 Å². The predicted octanol–water partition coefficient (Wildman–Crippen LogP) is 1.42. The Labute approximate surface area is 148 Å². The van der Waals surface area contributed by atoms with E-state index >= 15 is 0 Å². The van der Waals surface area contributed by atoms with Crippen molar-refractivity contribution in [3.8, 4) is 0 Å². The lowest BCUT2D eigenvalue weighted by molar-refractivity contribution is -0.133. The summed E-state index contributed by atoms with van der Waals surface area (Å²) >= 11 is 3.20. The number of carbonyl (C=O) groups is 2. The van der Waals surface area contributed by atoms with Crippen molar-refractivity contribution in [1.82, 2.24) is 20.5 Å². The van der Waals surface area contributed by atoms with E-state index in [4.69, 9.17) is 0 Å². The van der Waals surface area contributed by atoms with Gasteiger partial charge in [-0.2, -0.15) is 0 Å². The van der Waals surface area contributed by atoms with E-state index in [1.54, 1.807) is 17.5 Å². The van der Waals surface area contributed by atoms with Crippen molar-refractivity contribution in [3.05, 3.63) is 39.0 Å². The molecular formula is C16H20N4O2S2. The quantitative estimate of drug-likeness (QED) is 0.813. The van der Waals surface area contributed by atoms with Gasteiger partial charge in [0.1, 0.15) is 5.01 Å². The molecule has 2 atom stereocenters. The van der Waals surface area contributed by atoms with Gasteiger partial charge < -0.3 is 10.6 Å². The van der Waals surface area contributed by atoms with Crippen molar-refractivity contribution in [1.29, 1.82) is 0 Å². The first-order valence-corrected chi connectivity index (χ1v) is 9.58. The van der Waals surface area contributed by atoms with Crippen molar-refractivity contribution in [2.24, 2.45) is 0 Å². The third-order valence-corrected chi connectivity index (χ3v) is 5.84. The largest absolute Gasteiger partial charge is 0.353 e. The number of amides is 2. The van der Waals surface area contributed by atoms with E-state index in [-0.39, 0.29) is 24.3 Å². The number of aromatic nitrogens is 1. The van der Waals surface area contributed by atoms with E-state index in [9.17, 15) is 9.59 Å². The van der Waals surface area contributed by atoms with E-state index in [0.29, 0.717) is 13.0 Å². The first-order valence-electron chi connectivity index (χ1n) is 7.82. The van der Waals surface area contributed by atoms with Crippen LogP contribution in [0, 0.1) is 0 Å². The number of piperazine rings is 1. The summed E-state index contributed by atoms with van der Waals surface area (Å²) in [7, 11) is 1.88. The maximum atomic E-state index is 12.5. The number of likely N-dealkylation sites (N-methyl/N-ethyl adjacent to an activating group) is 1. The number of hydrogen-bond acceptors (Lipinski definition) is 6. The molecule has 2 N–H and O–H groups in total. The van der Waals surface area contributed by atoms with Gasteiger partial charge in [0, 0.05) is 36.0 Å². The molecule has 0 radical (unpaired) electrons. The molecule has 1 aliphatic rings. The van der Waals surface area contributed by atoms with Crippen LogP contribution in [-0.2, 0) is 16.0 Å². The summed E-state index contributed by atoms with van der Waals surface area (Å²) in [6.45, 7) is 1.39. The summed E-state index contributed by atoms with van der Waals surface area (Å²) in [4.78, 5) is 31.9. The molecule has 1 fully saturated rings. The Morgan fingerprint density at radius 2 is 2.38 bits per heavy atom. The zero-order valence-electron chi connectivity index (χ0n) is 13.4. The fourth-order valence-corrected chi connectivity index (χ4v) is 4.18. The van der Waals surface area contributed by atoms with Gasteiger partial charge in [0.2, 0.25) is 11.8 Å². The van der Waals surface area contributed by atoms with Crippen molar-refractivity contribution in [2.45, 2.75) is 24.9 Å². The number of thiophene rings is 1. The van der Waals surface area contributed by atoms with Gasteiger partial charge in [-0.05, 0) is 18.5 Å². The molecule has 1 aliphatic heterocycles. The maximum Gasteiger partial charge on any atom is 0.237 e. The van der Waals surface area contributed by atoms with Crippen molar-refractivity contribution < 1.29 is 9.59 Å². The Hall–Kier alpha value is -1.77. The molecule has 128 valence electrons. The molecule has 2 aromatic rings. The monoisotopic (exact) mass is 364 g/mol. The van der Waals surface area contributed by atoms with Gasteiger partial charge in [-0.1, -0.05) is 6.07 Å². The Morgan fingerprint density at radius 1 is 1.50 bits per heavy atom. The lowest BCUT2D eigenvalue weighted by atomic mass is 10.1. The van der Waals surface area contributed by atoms with E-state index < -0.39 is 6.04 Å². The highest BCUT2D eigenvalue weighted by molar-refractivity contribution is 7.10. The van der Waals surface area contributed by atoms with Crippen molar-refractivity contribution >= 4 is 34.5 Å². The summed E-state index contributed by atoms with van der Waals surface area (Å²) < 4.78 is 0. The van der Waals surface area contributed by atoms with E-state index in [1.807, 2.05) is 28.8 Å². The molecule has 2 amide bonds. The van der Waals surface area contributed by atoms with Crippen molar-refractivity contribution in [2.75, 3.05) is 20.1 Å². The second-order valence-corrected chi connectivity index (χ2v) is 7.72. The Kier molecular flexibility index (Phi) is 5.60. The van der Waals surface area contributed by atoms with Crippen LogP contribution < -0.4 is 10.6 Å². The maximum absolute atomic E-state index is 12.5. The fraction of sp³-hybridized carbons (Fsp3) is 0.438. The number of nitrogens with one attached hydrogen (secondary N) is 2. The van der Waals surface area contributed by atoms with Gasteiger partial charge >= 0.3 is 0 Å². The topological polar surface area (TPSA) is 74.3 Å². The predicted molar refractivity (Wildman–Crippen MR) is 95.1 cm³/mol. The lowest BCUT2D eigenvalue weighted by Crippen LogP contribution is -2.55. The van der Waals surface area contributed by atoms with E-state index in [1.165, 1.54) is 16.2 Å². The summed E-state index contributed by atoms with van der Waals surface area (Å²) in [6.07, 6.45) is 2.62. The van der Waals surface area contributed by atoms with Crippen LogP contribution in [0.15, 0.2) is 29.1 Å². The molecule has 6 nitrogen and oxygen atoms in total. The number of carbonyl (C=O) groups excluding carboxylic acids is 2. The highest BCUT2D eigenvalue weighted by atomic mass is 32.1. The third-order valence-electron chi connectivity index (χ3n) is 4.05. The molecular weight excluding hydrogens is 344 g/mol. The third kappa shape index (κ3) is 4.19. The van der Waals surface area contributed by atoms with Gasteiger partial charge in [0.25, 0.3) is 0 Å². The molecule has 0 spiro atoms. The second kappa shape index (κ2) is 7.87. The molecule has 2 aromatic heterocycles. The van der Waals surface area contributed by atoms with Crippen LogP contribution >= 0.6 is 22.7 Å². The van der Waals surface area contributed by atoms with Gasteiger partial charge in [-0.15, -0.1) is 22.7 Å². The van der Waals surface area contributed by atoms with Crippen LogP contribution in [0.25, 0.3) is 0 Å². The first kappa shape index (κ1) is 17.1. The number of rotatable bonds is 6. The minimum Gasteiger partial charge on any atom is -0.353 e. The zero-order valence-corrected chi connectivity index (χ0v) is 15.0. The molecule has 1 saturated heterocycles. The molecule has 0 saturated carbocycles. The number of hydrogen-bond donors (Lipinski definition) is 2. The summed E-state index contributed by atoms with van der Waals surface area (Å²) in [5.74, 6) is -0.205. The standard InChI is InChI=1S/C16H20N4O2S2/c1-20-6-4-17-15(22)13(20)10-14(21)19-12(16-18-5-8-24-16)9-11-3-2-7-23-11/h2-3,5,7-8,12-13H,4,6,9-10H2,1H3,(H,17,22)(H,19,21). The van der Waals surface area contributed by atoms with Gasteiger partial charge in [0.05, 0.1) is 18.5 Å². The second-order valence-electron chi connectivity index (χ2n) is 5.77. The average molecular weight is 364 g/mol. The zero-order chi connectivity index (χ0) is 16.9. The lowest BCUT2D eigenvalue weighted by Gasteiger charge is -2.31. The summed E-state index contributed by atoms with van der Waals surface area (Å²) in [5, 5.41) is 10.7. The Morgan fingerprint density at radius 3 is 3.04 bits per heavy atom. The summed E-state index contributed by atoms with van der Waals surface area (Å²) in [6, 6.07) is 3.49. The normalized spacial score (nSPS) is 19.7. The SMILES string of the molecule is CN1CCNC(=O)C1CC(=O)NC(Cc1cccs1)c1nccs1. The van der Waals surface area contributed by atoms with Crippen LogP contribution in [0.3, 0.4) is 0 Å².